The van der Waals surface area contributed by atoms with E-state index in [2.05, 4.69) is 26.1 Å². The van der Waals surface area contributed by atoms with Gasteiger partial charge in [-0.15, -0.1) is 0 Å². The maximum absolute atomic E-state index is 8.78. The molecule has 0 aromatic heterocycles. The average Bonchev–Trinajstić information content (AvgIpc) is 2.13. The Bertz CT molecular complexity index is 179. The summed E-state index contributed by atoms with van der Waals surface area (Å²) in [6.45, 7) is 7.30. The van der Waals surface area contributed by atoms with Crippen molar-refractivity contribution in [3.63, 3.8) is 0 Å². The molecule has 1 aliphatic rings. The summed E-state index contributed by atoms with van der Waals surface area (Å²) >= 11 is 0. The predicted octanol–water partition coefficient (Wildman–Crippen LogP) is 2.71. The van der Waals surface area contributed by atoms with Crippen LogP contribution in [0.1, 0.15) is 59.3 Å². The third kappa shape index (κ3) is 4.98. The molecule has 0 heterocycles. The first-order valence-electron chi connectivity index (χ1n) is 6.40. The molecule has 2 heteroatoms. The van der Waals surface area contributed by atoms with Crippen molar-refractivity contribution in [1.82, 2.24) is 5.32 Å². The Morgan fingerprint density at radius 1 is 1.47 bits per heavy atom. The third-order valence-electron chi connectivity index (χ3n) is 3.52. The van der Waals surface area contributed by atoms with Crippen molar-refractivity contribution in [2.24, 2.45) is 5.41 Å². The summed E-state index contributed by atoms with van der Waals surface area (Å²) in [7, 11) is 0. The lowest BCUT2D eigenvalue weighted by Gasteiger charge is -2.37. The average molecular weight is 213 g/mol. The molecule has 15 heavy (non-hydrogen) atoms. The van der Waals surface area contributed by atoms with Gasteiger partial charge in [-0.25, -0.2) is 0 Å². The van der Waals surface area contributed by atoms with Crippen LogP contribution in [0.4, 0.5) is 0 Å². The highest BCUT2D eigenvalue weighted by molar-refractivity contribution is 4.84. The number of nitrogens with one attached hydrogen (secondary N) is 1. The summed E-state index contributed by atoms with van der Waals surface area (Å²) < 4.78 is 0. The highest BCUT2D eigenvalue weighted by atomic mass is 16.2. The summed E-state index contributed by atoms with van der Waals surface area (Å²) in [6.07, 6.45) is 7.37. The van der Waals surface area contributed by atoms with Crippen LogP contribution in [-0.2, 0) is 0 Å². The quantitative estimate of drug-likeness (QED) is 0.736. The minimum Gasteiger partial charge on any atom is -0.396 e. The van der Waals surface area contributed by atoms with Crippen molar-refractivity contribution in [2.75, 3.05) is 6.61 Å². The van der Waals surface area contributed by atoms with E-state index in [0.717, 1.165) is 12.8 Å². The molecule has 1 fully saturated rings. The molecule has 0 saturated heterocycles. The summed E-state index contributed by atoms with van der Waals surface area (Å²) in [4.78, 5) is 0. The number of aliphatic hydroxyl groups is 1. The van der Waals surface area contributed by atoms with Gasteiger partial charge in [0.15, 0.2) is 0 Å². The van der Waals surface area contributed by atoms with Crippen LogP contribution < -0.4 is 5.32 Å². The van der Waals surface area contributed by atoms with Crippen molar-refractivity contribution in [3.8, 4) is 0 Å². The monoisotopic (exact) mass is 213 g/mol. The van der Waals surface area contributed by atoms with Crippen LogP contribution in [0.5, 0.6) is 0 Å². The topological polar surface area (TPSA) is 32.3 Å². The van der Waals surface area contributed by atoms with E-state index >= 15 is 0 Å². The Hall–Kier alpha value is -0.0800. The molecular formula is C13H27NO. The SMILES string of the molecule is CC(CCCO)NC1CCCC(C)(C)C1. The highest BCUT2D eigenvalue weighted by Gasteiger charge is 2.28. The standard InChI is InChI=1S/C13H27NO/c1-11(6-5-9-15)14-12-7-4-8-13(2,3)10-12/h11-12,14-15H,4-10H2,1-3H3. The van der Waals surface area contributed by atoms with Crippen LogP contribution in [-0.4, -0.2) is 23.8 Å². The van der Waals surface area contributed by atoms with E-state index in [1.165, 1.54) is 25.7 Å². The van der Waals surface area contributed by atoms with Gasteiger partial charge in [-0.1, -0.05) is 20.3 Å². The summed E-state index contributed by atoms with van der Waals surface area (Å²) in [5.74, 6) is 0. The molecule has 0 aromatic carbocycles. The van der Waals surface area contributed by atoms with Crippen molar-refractivity contribution in [2.45, 2.75) is 71.4 Å². The molecule has 1 rings (SSSR count). The van der Waals surface area contributed by atoms with Crippen LogP contribution in [0.2, 0.25) is 0 Å². The number of rotatable bonds is 5. The van der Waals surface area contributed by atoms with Gasteiger partial charge in [0.25, 0.3) is 0 Å². The Kier molecular flexibility index (Phi) is 5.07. The molecule has 90 valence electrons. The van der Waals surface area contributed by atoms with Crippen molar-refractivity contribution in [3.05, 3.63) is 0 Å². The number of hydrogen-bond acceptors (Lipinski definition) is 2. The van der Waals surface area contributed by atoms with Gasteiger partial charge < -0.3 is 10.4 Å². The Morgan fingerprint density at radius 2 is 2.20 bits per heavy atom. The molecule has 0 amide bonds. The molecule has 0 aliphatic heterocycles. The summed E-state index contributed by atoms with van der Waals surface area (Å²) in [5.41, 5.74) is 0.520. The van der Waals surface area contributed by atoms with Crippen LogP contribution in [0.15, 0.2) is 0 Å². The number of hydrogen-bond donors (Lipinski definition) is 2. The molecule has 2 nitrogen and oxygen atoms in total. The first kappa shape index (κ1) is 13.0. The van der Waals surface area contributed by atoms with Crippen LogP contribution in [0.3, 0.4) is 0 Å². The third-order valence-corrected chi connectivity index (χ3v) is 3.52. The molecule has 0 bridgehead atoms. The fourth-order valence-electron chi connectivity index (χ4n) is 2.72. The smallest absolute Gasteiger partial charge is 0.0431 e. The fourth-order valence-corrected chi connectivity index (χ4v) is 2.72. The second-order valence-corrected chi connectivity index (χ2v) is 5.89. The summed E-state index contributed by atoms with van der Waals surface area (Å²) in [5, 5.41) is 12.5. The van der Waals surface area contributed by atoms with E-state index in [0.29, 0.717) is 24.1 Å². The Labute approximate surface area is 94.5 Å². The van der Waals surface area contributed by atoms with E-state index in [4.69, 9.17) is 5.11 Å². The van der Waals surface area contributed by atoms with E-state index in [1.807, 2.05) is 0 Å². The second-order valence-electron chi connectivity index (χ2n) is 5.89. The fraction of sp³-hybridized carbons (Fsp3) is 1.00. The zero-order valence-electron chi connectivity index (χ0n) is 10.6. The zero-order valence-corrected chi connectivity index (χ0v) is 10.6. The lowest BCUT2D eigenvalue weighted by Crippen LogP contribution is -2.41. The lowest BCUT2D eigenvalue weighted by molar-refractivity contribution is 0.186. The van der Waals surface area contributed by atoms with E-state index < -0.39 is 0 Å². The zero-order chi connectivity index (χ0) is 11.3. The van der Waals surface area contributed by atoms with Crippen LogP contribution in [0.25, 0.3) is 0 Å². The van der Waals surface area contributed by atoms with Gasteiger partial charge in [0.1, 0.15) is 0 Å². The molecule has 1 aliphatic carbocycles. The van der Waals surface area contributed by atoms with Gasteiger partial charge >= 0.3 is 0 Å². The first-order chi connectivity index (χ1) is 7.03. The van der Waals surface area contributed by atoms with Crippen LogP contribution >= 0.6 is 0 Å². The van der Waals surface area contributed by atoms with Crippen molar-refractivity contribution < 1.29 is 5.11 Å². The first-order valence-corrected chi connectivity index (χ1v) is 6.40. The molecule has 1 saturated carbocycles. The predicted molar refractivity (Wildman–Crippen MR) is 65.0 cm³/mol. The maximum Gasteiger partial charge on any atom is 0.0431 e. The van der Waals surface area contributed by atoms with Gasteiger partial charge in [-0.05, 0) is 44.4 Å². The Balaban J connectivity index is 2.25. The van der Waals surface area contributed by atoms with E-state index in [-0.39, 0.29) is 0 Å². The van der Waals surface area contributed by atoms with Crippen LogP contribution in [0, 0.1) is 5.41 Å². The lowest BCUT2D eigenvalue weighted by atomic mass is 9.75. The minimum atomic E-state index is 0.322. The van der Waals surface area contributed by atoms with E-state index in [1.54, 1.807) is 0 Å². The highest BCUT2D eigenvalue weighted by Crippen LogP contribution is 2.35. The molecular weight excluding hydrogens is 186 g/mol. The van der Waals surface area contributed by atoms with E-state index in [9.17, 15) is 0 Å². The summed E-state index contributed by atoms with van der Waals surface area (Å²) in [6, 6.07) is 1.25. The van der Waals surface area contributed by atoms with Gasteiger partial charge in [-0.3, -0.25) is 0 Å². The molecule has 0 radical (unpaired) electrons. The molecule has 2 atom stereocenters. The number of aliphatic hydroxyl groups excluding tert-OH is 1. The maximum atomic E-state index is 8.78. The normalized spacial score (nSPS) is 27.6. The molecule has 0 aromatic rings. The largest absolute Gasteiger partial charge is 0.396 e. The van der Waals surface area contributed by atoms with Gasteiger partial charge in [0.05, 0.1) is 0 Å². The molecule has 2 N–H and O–H groups in total. The Morgan fingerprint density at radius 3 is 2.80 bits per heavy atom. The van der Waals surface area contributed by atoms with Crippen molar-refractivity contribution >= 4 is 0 Å². The molecule has 0 spiro atoms. The van der Waals surface area contributed by atoms with Crippen molar-refractivity contribution in [1.29, 1.82) is 0 Å². The minimum absolute atomic E-state index is 0.322. The van der Waals surface area contributed by atoms with Gasteiger partial charge in [0, 0.05) is 18.7 Å². The van der Waals surface area contributed by atoms with Gasteiger partial charge in [-0.2, -0.15) is 0 Å². The van der Waals surface area contributed by atoms with Gasteiger partial charge in [0.2, 0.25) is 0 Å². The second kappa shape index (κ2) is 5.86. The molecule has 2 unspecified atom stereocenters.